The van der Waals surface area contributed by atoms with E-state index < -0.39 is 41.8 Å². The van der Waals surface area contributed by atoms with Crippen LogP contribution in [0.25, 0.3) is 0 Å². The van der Waals surface area contributed by atoms with Crippen molar-refractivity contribution in [2.45, 2.75) is 96.0 Å². The Kier molecular flexibility index (Phi) is 12.6. The first-order valence-corrected chi connectivity index (χ1v) is 19.9. The van der Waals surface area contributed by atoms with Gasteiger partial charge in [-0.25, -0.2) is 0 Å². The Bertz CT molecular complexity index is 522. The number of unbranched alkanes of at least 4 members (excludes halogenated alkanes) is 3. The maximum absolute atomic E-state index is 12.4. The number of hydrogen-bond donors (Lipinski definition) is 1. The molecule has 6 heteroatoms. The summed E-state index contributed by atoms with van der Waals surface area (Å²) >= 11 is -2.27. The summed E-state index contributed by atoms with van der Waals surface area (Å²) in [5.74, 6) is -1.42. The molecule has 0 heterocycles. The van der Waals surface area contributed by atoms with Crippen molar-refractivity contribution in [1.29, 1.82) is 0 Å². The summed E-state index contributed by atoms with van der Waals surface area (Å²) in [6, 6.07) is 0. The van der Waals surface area contributed by atoms with E-state index in [2.05, 4.69) is 32.9 Å². The predicted octanol–water partition coefficient (Wildman–Crippen LogP) is 5.50. The number of aliphatic hydroxyl groups is 1. The van der Waals surface area contributed by atoms with Gasteiger partial charge in [-0.3, -0.25) is 0 Å². The number of carbonyl (C=O) groups excluding carboxylic acids is 2. The van der Waals surface area contributed by atoms with Crippen molar-refractivity contribution in [1.82, 2.24) is 0 Å². The standard InChI is InChI=1S/C12H17O5.3C4H9.Sn/c1-4-5-8-6-12(7-9(8)13,10(14)16-2)11(15)17-3;3*1-3-4-2;/h4-5,8-9,13H,1,6-7H2,2-3H3;3*1,3-4H2,2H3;/b5-4-;;;;/t8-,9+;;;;/m0..../s1. The molecule has 1 fully saturated rings. The zero-order chi connectivity index (χ0) is 22.6. The topological polar surface area (TPSA) is 72.8 Å². The van der Waals surface area contributed by atoms with Gasteiger partial charge in [0.15, 0.2) is 0 Å². The number of methoxy groups -OCH3 is 2. The van der Waals surface area contributed by atoms with Gasteiger partial charge in [0.25, 0.3) is 0 Å². The Morgan fingerprint density at radius 2 is 1.40 bits per heavy atom. The molecule has 30 heavy (non-hydrogen) atoms. The van der Waals surface area contributed by atoms with Crippen molar-refractivity contribution in [2.75, 3.05) is 14.2 Å². The molecular weight excluding hydrogens is 487 g/mol. The second-order valence-electron chi connectivity index (χ2n) is 9.15. The van der Waals surface area contributed by atoms with Gasteiger partial charge in [0.05, 0.1) is 0 Å². The second kappa shape index (κ2) is 13.8. The average Bonchev–Trinajstić information content (AvgIpc) is 3.10. The normalized spacial score (nSPS) is 21.1. The molecule has 0 aromatic heterocycles. The SMILES string of the molecule is CCC[CH2][Sn]([CH2]/C=C\[C@H]1CC(C(=O)OC)(C(=O)OC)C[C@H]1O)([CH2]CCC)[CH2]CCC. The van der Waals surface area contributed by atoms with Crippen LogP contribution >= 0.6 is 0 Å². The van der Waals surface area contributed by atoms with Crippen molar-refractivity contribution in [3.8, 4) is 0 Å². The zero-order valence-corrected chi connectivity index (χ0v) is 22.7. The molecule has 0 spiro atoms. The summed E-state index contributed by atoms with van der Waals surface area (Å²) in [5, 5.41) is 10.6. The van der Waals surface area contributed by atoms with Crippen molar-refractivity contribution < 1.29 is 24.2 Å². The molecule has 0 aromatic carbocycles. The molecule has 174 valence electrons. The minimum atomic E-state index is -2.27. The average molecular weight is 531 g/mol. The third-order valence-corrected chi connectivity index (χ3v) is 22.2. The van der Waals surface area contributed by atoms with E-state index >= 15 is 0 Å². The molecule has 0 unspecified atom stereocenters. The van der Waals surface area contributed by atoms with E-state index in [-0.39, 0.29) is 18.8 Å². The number of aliphatic hydroxyl groups excluding tert-OH is 1. The molecule has 0 bridgehead atoms. The maximum atomic E-state index is 12.4. The van der Waals surface area contributed by atoms with E-state index in [1.165, 1.54) is 70.5 Å². The second-order valence-corrected chi connectivity index (χ2v) is 23.2. The van der Waals surface area contributed by atoms with Crippen LogP contribution in [-0.2, 0) is 19.1 Å². The number of ether oxygens (including phenoxy) is 2. The fourth-order valence-corrected chi connectivity index (χ4v) is 20.1. The van der Waals surface area contributed by atoms with E-state index in [4.69, 9.17) is 9.47 Å². The van der Waals surface area contributed by atoms with E-state index in [9.17, 15) is 14.7 Å². The first-order valence-electron chi connectivity index (χ1n) is 11.9. The first kappa shape index (κ1) is 27.5. The number of esters is 2. The summed E-state index contributed by atoms with van der Waals surface area (Å²) in [6.45, 7) is 6.83. The number of rotatable bonds is 14. The molecule has 1 rings (SSSR count). The van der Waals surface area contributed by atoms with Gasteiger partial charge in [-0.05, 0) is 0 Å². The zero-order valence-electron chi connectivity index (χ0n) is 19.9. The Morgan fingerprint density at radius 1 is 0.933 bits per heavy atom. The van der Waals surface area contributed by atoms with Crippen LogP contribution in [-0.4, -0.2) is 55.7 Å². The summed E-state index contributed by atoms with van der Waals surface area (Å²) in [5.41, 5.74) is -1.38. The minimum absolute atomic E-state index is 0.0667. The number of hydrogen-bond acceptors (Lipinski definition) is 5. The van der Waals surface area contributed by atoms with Crippen molar-refractivity contribution >= 4 is 30.3 Å². The molecule has 0 aliphatic heterocycles. The molecular formula is C24H44O5Sn. The van der Waals surface area contributed by atoms with Crippen LogP contribution < -0.4 is 0 Å². The van der Waals surface area contributed by atoms with Gasteiger partial charge >= 0.3 is 188 Å². The summed E-state index contributed by atoms with van der Waals surface area (Å²) in [4.78, 5) is 24.7. The molecule has 1 N–H and O–H groups in total. The third kappa shape index (κ3) is 7.25. The predicted molar refractivity (Wildman–Crippen MR) is 124 cm³/mol. The van der Waals surface area contributed by atoms with Crippen LogP contribution in [0.2, 0.25) is 17.7 Å². The van der Waals surface area contributed by atoms with Crippen LogP contribution in [0.15, 0.2) is 12.2 Å². The van der Waals surface area contributed by atoms with E-state index in [0.717, 1.165) is 0 Å². The van der Waals surface area contributed by atoms with Gasteiger partial charge < -0.3 is 0 Å². The van der Waals surface area contributed by atoms with Crippen molar-refractivity contribution in [2.24, 2.45) is 11.3 Å². The van der Waals surface area contributed by atoms with Gasteiger partial charge in [0.1, 0.15) is 0 Å². The summed E-state index contributed by atoms with van der Waals surface area (Å²) < 4.78 is 15.3. The Morgan fingerprint density at radius 3 is 1.80 bits per heavy atom. The molecule has 0 aromatic rings. The molecule has 1 saturated carbocycles. The van der Waals surface area contributed by atoms with E-state index in [1.807, 2.05) is 0 Å². The van der Waals surface area contributed by atoms with Gasteiger partial charge in [-0.1, -0.05) is 0 Å². The van der Waals surface area contributed by atoms with Gasteiger partial charge in [-0.2, -0.15) is 0 Å². The summed E-state index contributed by atoms with van der Waals surface area (Å²) in [7, 11) is 2.56. The van der Waals surface area contributed by atoms with Gasteiger partial charge in [-0.15, -0.1) is 0 Å². The molecule has 1 aliphatic rings. The quantitative estimate of drug-likeness (QED) is 0.139. The van der Waals surface area contributed by atoms with Gasteiger partial charge in [0.2, 0.25) is 0 Å². The third-order valence-electron chi connectivity index (χ3n) is 6.90. The first-order chi connectivity index (χ1) is 14.3. The van der Waals surface area contributed by atoms with Crippen LogP contribution in [0.1, 0.15) is 72.1 Å². The molecule has 5 nitrogen and oxygen atoms in total. The van der Waals surface area contributed by atoms with Crippen LogP contribution in [0, 0.1) is 11.3 Å². The number of carbonyl (C=O) groups is 2. The van der Waals surface area contributed by atoms with Crippen LogP contribution in [0.4, 0.5) is 0 Å². The molecule has 0 radical (unpaired) electrons. The van der Waals surface area contributed by atoms with Gasteiger partial charge in [0, 0.05) is 0 Å². The Balaban J connectivity index is 2.97. The van der Waals surface area contributed by atoms with E-state index in [1.54, 1.807) is 0 Å². The molecule has 0 amide bonds. The van der Waals surface area contributed by atoms with E-state index in [0.29, 0.717) is 0 Å². The number of allylic oxidation sites excluding steroid dienone is 1. The molecule has 2 atom stereocenters. The fraction of sp³-hybridized carbons (Fsp3) is 0.833. The molecule has 0 saturated heterocycles. The monoisotopic (exact) mass is 532 g/mol. The van der Waals surface area contributed by atoms with Crippen molar-refractivity contribution in [3.05, 3.63) is 12.2 Å². The van der Waals surface area contributed by atoms with Crippen LogP contribution in [0.5, 0.6) is 0 Å². The molecule has 1 aliphatic carbocycles. The van der Waals surface area contributed by atoms with Crippen molar-refractivity contribution in [3.63, 3.8) is 0 Å². The Labute approximate surface area is 187 Å². The fourth-order valence-electron chi connectivity index (χ4n) is 4.96. The van der Waals surface area contributed by atoms with Crippen LogP contribution in [0.3, 0.4) is 0 Å². The summed E-state index contributed by atoms with van der Waals surface area (Å²) in [6.07, 6.45) is 11.7. The Hall–Kier alpha value is -0.561.